The lowest BCUT2D eigenvalue weighted by molar-refractivity contribution is 0.283. The Kier molecular flexibility index (Phi) is 4.25. The van der Waals surface area contributed by atoms with Crippen LogP contribution in [0.25, 0.3) is 11.5 Å². The summed E-state index contributed by atoms with van der Waals surface area (Å²) in [5.74, 6) is 1.72. The number of hydrogen-bond acceptors (Lipinski definition) is 5. The predicted octanol–water partition coefficient (Wildman–Crippen LogP) is 2.53. The Morgan fingerprint density at radius 1 is 1.32 bits per heavy atom. The largest absolute Gasteiger partial charge is 0.441 e. The third kappa shape index (κ3) is 3.51. The van der Waals surface area contributed by atoms with E-state index in [9.17, 15) is 8.42 Å². The lowest BCUT2D eigenvalue weighted by Gasteiger charge is -2.25. The van der Waals surface area contributed by atoms with Crippen LogP contribution in [0.15, 0.2) is 28.7 Å². The van der Waals surface area contributed by atoms with Gasteiger partial charge >= 0.3 is 0 Å². The van der Waals surface area contributed by atoms with Crippen LogP contribution < -0.4 is 0 Å². The maximum absolute atomic E-state index is 11.5. The quantitative estimate of drug-likeness (QED) is 0.859. The Morgan fingerprint density at radius 2 is 2.05 bits per heavy atom. The van der Waals surface area contributed by atoms with Gasteiger partial charge in [0.15, 0.2) is 9.84 Å². The van der Waals surface area contributed by atoms with Gasteiger partial charge in [0, 0.05) is 30.2 Å². The van der Waals surface area contributed by atoms with Gasteiger partial charge in [0.05, 0.1) is 17.2 Å². The minimum atomic E-state index is -2.86. The summed E-state index contributed by atoms with van der Waals surface area (Å²) in [7, 11) is -2.86. The number of halogens is 1. The molecule has 1 aromatic heterocycles. The summed E-state index contributed by atoms with van der Waals surface area (Å²) in [5.41, 5.74) is 1.68. The molecule has 3 rings (SSSR count). The topological polar surface area (TPSA) is 63.4 Å². The first-order valence-corrected chi connectivity index (χ1v) is 9.28. The molecule has 1 aliphatic rings. The third-order valence-corrected chi connectivity index (χ3v) is 5.62. The normalized spacial score (nSPS) is 18.5. The van der Waals surface area contributed by atoms with Crippen LogP contribution in [-0.2, 0) is 16.4 Å². The molecular formula is C15H17ClN2O3S. The molecule has 5 nitrogen and oxygen atoms in total. The minimum Gasteiger partial charge on any atom is -0.441 e. The lowest BCUT2D eigenvalue weighted by Crippen LogP contribution is -2.39. The average Bonchev–Trinajstić information content (AvgIpc) is 2.83. The fraction of sp³-hybridized carbons (Fsp3) is 0.400. The minimum absolute atomic E-state index is 0.213. The van der Waals surface area contributed by atoms with Gasteiger partial charge in [-0.05, 0) is 25.1 Å². The summed E-state index contributed by atoms with van der Waals surface area (Å²) in [5, 5.41) is 0.635. The summed E-state index contributed by atoms with van der Waals surface area (Å²) in [4.78, 5) is 6.63. The van der Waals surface area contributed by atoms with Crippen molar-refractivity contribution in [1.82, 2.24) is 9.88 Å². The van der Waals surface area contributed by atoms with E-state index in [1.54, 1.807) is 6.07 Å². The van der Waals surface area contributed by atoms with E-state index in [-0.39, 0.29) is 11.5 Å². The monoisotopic (exact) mass is 340 g/mol. The molecule has 118 valence electrons. The van der Waals surface area contributed by atoms with Crippen molar-refractivity contribution < 1.29 is 12.8 Å². The highest BCUT2D eigenvalue weighted by atomic mass is 35.5. The molecule has 0 amide bonds. The predicted molar refractivity (Wildman–Crippen MR) is 85.6 cm³/mol. The van der Waals surface area contributed by atoms with Crippen LogP contribution >= 0.6 is 11.6 Å². The van der Waals surface area contributed by atoms with E-state index in [4.69, 9.17) is 16.0 Å². The molecule has 0 saturated carbocycles. The Hall–Kier alpha value is -1.37. The average molecular weight is 341 g/mol. The second kappa shape index (κ2) is 6.02. The molecule has 1 saturated heterocycles. The van der Waals surface area contributed by atoms with Gasteiger partial charge in [0.1, 0.15) is 5.76 Å². The zero-order chi connectivity index (χ0) is 15.7. The SMILES string of the molecule is Cc1oc(-c2cccc(Cl)c2)nc1CN1CCS(=O)(=O)CC1. The van der Waals surface area contributed by atoms with Crippen molar-refractivity contribution in [2.75, 3.05) is 24.6 Å². The van der Waals surface area contributed by atoms with Crippen LogP contribution in [0, 0.1) is 6.92 Å². The number of aryl methyl sites for hydroxylation is 1. The van der Waals surface area contributed by atoms with Gasteiger partial charge in [-0.2, -0.15) is 0 Å². The van der Waals surface area contributed by atoms with Crippen LogP contribution in [0.4, 0.5) is 0 Å². The Morgan fingerprint density at radius 3 is 2.73 bits per heavy atom. The maximum atomic E-state index is 11.5. The lowest BCUT2D eigenvalue weighted by atomic mass is 10.2. The second-order valence-electron chi connectivity index (χ2n) is 5.46. The summed E-state index contributed by atoms with van der Waals surface area (Å²) in [6.07, 6.45) is 0. The number of oxazole rings is 1. The standard InChI is InChI=1S/C15H17ClN2O3S/c1-11-14(10-18-5-7-22(19,20)8-6-18)17-15(21-11)12-3-2-4-13(16)9-12/h2-4,9H,5-8,10H2,1H3. The van der Waals surface area contributed by atoms with Crippen LogP contribution in [0.1, 0.15) is 11.5 Å². The Bertz CT molecular complexity index is 772. The van der Waals surface area contributed by atoms with Crippen LogP contribution in [0.3, 0.4) is 0 Å². The van der Waals surface area contributed by atoms with Crippen molar-refractivity contribution in [2.45, 2.75) is 13.5 Å². The van der Waals surface area contributed by atoms with Crippen LogP contribution in [-0.4, -0.2) is 42.9 Å². The van der Waals surface area contributed by atoms with E-state index < -0.39 is 9.84 Å². The molecule has 0 aliphatic carbocycles. The maximum Gasteiger partial charge on any atom is 0.226 e. The molecule has 2 aromatic rings. The number of rotatable bonds is 3. The highest BCUT2D eigenvalue weighted by Crippen LogP contribution is 2.25. The summed E-state index contributed by atoms with van der Waals surface area (Å²) < 4.78 is 28.6. The first-order valence-electron chi connectivity index (χ1n) is 7.08. The van der Waals surface area contributed by atoms with Crippen LogP contribution in [0.5, 0.6) is 0 Å². The zero-order valence-electron chi connectivity index (χ0n) is 12.3. The molecular weight excluding hydrogens is 324 g/mol. The van der Waals surface area contributed by atoms with Gasteiger partial charge in [-0.1, -0.05) is 17.7 Å². The summed E-state index contributed by atoms with van der Waals surface area (Å²) in [6.45, 7) is 3.56. The van der Waals surface area contributed by atoms with E-state index in [2.05, 4.69) is 9.88 Å². The van der Waals surface area contributed by atoms with Gasteiger partial charge in [0.2, 0.25) is 5.89 Å². The first kappa shape index (κ1) is 15.5. The van der Waals surface area contributed by atoms with E-state index in [1.807, 2.05) is 25.1 Å². The van der Waals surface area contributed by atoms with Gasteiger partial charge in [-0.25, -0.2) is 13.4 Å². The van der Waals surface area contributed by atoms with Crippen molar-refractivity contribution in [3.63, 3.8) is 0 Å². The molecule has 1 aromatic carbocycles. The Labute approximate surface area is 134 Å². The zero-order valence-corrected chi connectivity index (χ0v) is 13.8. The molecule has 0 N–H and O–H groups in total. The van der Waals surface area contributed by atoms with Crippen molar-refractivity contribution in [1.29, 1.82) is 0 Å². The summed E-state index contributed by atoms with van der Waals surface area (Å²) >= 11 is 5.99. The van der Waals surface area contributed by atoms with Crippen molar-refractivity contribution in [3.05, 3.63) is 40.7 Å². The van der Waals surface area contributed by atoms with Gasteiger partial charge in [-0.3, -0.25) is 4.90 Å². The van der Waals surface area contributed by atoms with E-state index in [0.29, 0.717) is 30.5 Å². The number of sulfone groups is 1. The summed E-state index contributed by atoms with van der Waals surface area (Å²) in [6, 6.07) is 7.36. The van der Waals surface area contributed by atoms with Crippen molar-refractivity contribution in [3.8, 4) is 11.5 Å². The van der Waals surface area contributed by atoms with Crippen LogP contribution in [0.2, 0.25) is 5.02 Å². The molecule has 1 aliphatic heterocycles. The number of aromatic nitrogens is 1. The smallest absolute Gasteiger partial charge is 0.226 e. The molecule has 0 unspecified atom stereocenters. The Balaban J connectivity index is 1.76. The molecule has 22 heavy (non-hydrogen) atoms. The van der Waals surface area contributed by atoms with E-state index >= 15 is 0 Å². The second-order valence-corrected chi connectivity index (χ2v) is 8.20. The first-order chi connectivity index (χ1) is 10.4. The molecule has 2 heterocycles. The molecule has 0 spiro atoms. The molecule has 0 radical (unpaired) electrons. The van der Waals surface area contributed by atoms with E-state index in [0.717, 1.165) is 17.0 Å². The number of nitrogens with zero attached hydrogens (tertiary/aromatic N) is 2. The van der Waals surface area contributed by atoms with Crippen molar-refractivity contribution >= 4 is 21.4 Å². The molecule has 0 bridgehead atoms. The van der Waals surface area contributed by atoms with Crippen molar-refractivity contribution in [2.24, 2.45) is 0 Å². The van der Waals surface area contributed by atoms with Gasteiger partial charge in [-0.15, -0.1) is 0 Å². The molecule has 0 atom stereocenters. The third-order valence-electron chi connectivity index (χ3n) is 3.77. The fourth-order valence-electron chi connectivity index (χ4n) is 2.44. The molecule has 7 heteroatoms. The van der Waals surface area contributed by atoms with Gasteiger partial charge in [0.25, 0.3) is 0 Å². The highest BCUT2D eigenvalue weighted by Gasteiger charge is 2.23. The number of hydrogen-bond donors (Lipinski definition) is 0. The fourth-order valence-corrected chi connectivity index (χ4v) is 3.91. The van der Waals surface area contributed by atoms with E-state index in [1.165, 1.54) is 0 Å². The highest BCUT2D eigenvalue weighted by molar-refractivity contribution is 7.91. The molecule has 1 fully saturated rings. The van der Waals surface area contributed by atoms with Gasteiger partial charge < -0.3 is 4.42 Å². The number of benzene rings is 1.